The van der Waals surface area contributed by atoms with E-state index in [1.54, 1.807) is 0 Å². The van der Waals surface area contributed by atoms with E-state index in [0.29, 0.717) is 18.2 Å². The molecule has 11 aromatic rings. The predicted molar refractivity (Wildman–Crippen MR) is 288 cm³/mol. The lowest BCUT2D eigenvalue weighted by molar-refractivity contribution is 0.483. The number of fused-ring (bicyclic) bond motifs is 4. The Hall–Kier alpha value is -8.74. The first-order valence-corrected chi connectivity index (χ1v) is 23.8. The standard InChI is InChI=1S/C64H49FN4O/c1-64(2,3)47-35-36-66-62(39-47)69-58-26-13-12-23-56(58)57-34-33-50(41-61(57)69)70-51-38-46(53-22-11-10-21-52(53)43-17-6-4-7-18-43)37-49(40-51)67-42-68(60-28-15-14-27-59(60)67)63-54(44-19-8-5-9-20-44)24-16-25-55(63)45-29-31-48(65)32-30-45/h4-41H,42H2,1-3H3. The number of anilines is 4. The van der Waals surface area contributed by atoms with Crippen molar-refractivity contribution in [2.75, 3.05) is 16.5 Å². The molecule has 338 valence electrons. The van der Waals surface area contributed by atoms with Gasteiger partial charge in [0.05, 0.1) is 28.1 Å². The van der Waals surface area contributed by atoms with E-state index in [4.69, 9.17) is 9.72 Å². The Kier molecular flexibility index (Phi) is 10.6. The minimum atomic E-state index is -0.265. The van der Waals surface area contributed by atoms with Crippen molar-refractivity contribution >= 4 is 44.6 Å². The Morgan fingerprint density at radius 2 is 1.04 bits per heavy atom. The van der Waals surface area contributed by atoms with Gasteiger partial charge in [-0.15, -0.1) is 0 Å². The van der Waals surface area contributed by atoms with Crippen LogP contribution < -0.4 is 14.5 Å². The molecule has 1 aliphatic heterocycles. The number of pyridine rings is 1. The van der Waals surface area contributed by atoms with Crippen molar-refractivity contribution < 1.29 is 9.13 Å². The van der Waals surface area contributed by atoms with Crippen LogP contribution in [-0.2, 0) is 5.41 Å². The van der Waals surface area contributed by atoms with Crippen LogP contribution in [-0.4, -0.2) is 16.2 Å². The molecule has 1 aliphatic rings. The second-order valence-electron chi connectivity index (χ2n) is 19.0. The average molecular weight is 909 g/mol. The highest BCUT2D eigenvalue weighted by molar-refractivity contribution is 6.09. The van der Waals surface area contributed by atoms with Crippen molar-refractivity contribution in [3.63, 3.8) is 0 Å². The Balaban J connectivity index is 1.02. The first-order chi connectivity index (χ1) is 34.2. The van der Waals surface area contributed by atoms with E-state index >= 15 is 0 Å². The molecule has 5 nitrogen and oxygen atoms in total. The summed E-state index contributed by atoms with van der Waals surface area (Å²) in [7, 11) is 0. The molecule has 12 rings (SSSR count). The van der Waals surface area contributed by atoms with E-state index in [-0.39, 0.29) is 11.2 Å². The Bertz CT molecular complexity index is 3730. The number of ether oxygens (including phenoxy) is 1. The molecule has 2 aromatic heterocycles. The maximum absolute atomic E-state index is 14.5. The van der Waals surface area contributed by atoms with Crippen LogP contribution in [0.1, 0.15) is 26.3 Å². The quantitative estimate of drug-likeness (QED) is 0.144. The molecule has 0 aliphatic carbocycles. The second-order valence-corrected chi connectivity index (χ2v) is 19.0. The minimum absolute atomic E-state index is 0.0460. The molecule has 0 spiro atoms. The molecule has 0 amide bonds. The number of halogens is 1. The highest BCUT2D eigenvalue weighted by Gasteiger charge is 2.32. The summed E-state index contributed by atoms with van der Waals surface area (Å²) in [6.07, 6.45) is 1.92. The lowest BCUT2D eigenvalue weighted by Crippen LogP contribution is -2.25. The summed E-state index contributed by atoms with van der Waals surface area (Å²) in [5.41, 5.74) is 15.9. The zero-order chi connectivity index (χ0) is 47.3. The van der Waals surface area contributed by atoms with Crippen LogP contribution in [0.2, 0.25) is 0 Å². The van der Waals surface area contributed by atoms with Crippen LogP contribution in [0, 0.1) is 5.82 Å². The fraction of sp³-hybridized carbons (Fsp3) is 0.0781. The maximum Gasteiger partial charge on any atom is 0.137 e. The molecule has 0 bridgehead atoms. The van der Waals surface area contributed by atoms with Crippen LogP contribution in [0.4, 0.5) is 27.1 Å². The normalized spacial score (nSPS) is 12.5. The van der Waals surface area contributed by atoms with E-state index in [1.807, 2.05) is 24.4 Å². The van der Waals surface area contributed by atoms with Gasteiger partial charge in [0.1, 0.15) is 29.8 Å². The van der Waals surface area contributed by atoms with E-state index in [9.17, 15) is 4.39 Å². The molecule has 9 aromatic carbocycles. The van der Waals surface area contributed by atoms with E-state index < -0.39 is 0 Å². The lowest BCUT2D eigenvalue weighted by atomic mass is 9.88. The van der Waals surface area contributed by atoms with Gasteiger partial charge in [-0.1, -0.05) is 166 Å². The Morgan fingerprint density at radius 1 is 0.457 bits per heavy atom. The average Bonchev–Trinajstić information content (AvgIpc) is 3.95. The number of aromatic nitrogens is 2. The van der Waals surface area contributed by atoms with Crippen LogP contribution in [0.5, 0.6) is 11.5 Å². The van der Waals surface area contributed by atoms with Crippen molar-refractivity contribution in [3.05, 3.63) is 242 Å². The molecule has 70 heavy (non-hydrogen) atoms. The number of hydrogen-bond donors (Lipinski definition) is 0. The highest BCUT2D eigenvalue weighted by Crippen LogP contribution is 2.51. The molecule has 3 heterocycles. The number of hydrogen-bond acceptors (Lipinski definition) is 4. The third-order valence-electron chi connectivity index (χ3n) is 13.5. The summed E-state index contributed by atoms with van der Waals surface area (Å²) < 4.78 is 23.8. The number of nitrogens with zero attached hydrogens (tertiary/aromatic N) is 4. The molecule has 0 atom stereocenters. The largest absolute Gasteiger partial charge is 0.457 e. The predicted octanol–water partition coefficient (Wildman–Crippen LogP) is 17.3. The maximum atomic E-state index is 14.5. The number of rotatable bonds is 9. The van der Waals surface area contributed by atoms with Crippen LogP contribution in [0.3, 0.4) is 0 Å². The van der Waals surface area contributed by atoms with Gasteiger partial charge in [0.15, 0.2) is 0 Å². The zero-order valence-electron chi connectivity index (χ0n) is 39.2. The molecule has 0 N–H and O–H groups in total. The second kappa shape index (κ2) is 17.4. The first kappa shape index (κ1) is 42.6. The lowest BCUT2D eigenvalue weighted by Gasteiger charge is -2.27. The zero-order valence-corrected chi connectivity index (χ0v) is 39.2. The Labute approximate surface area is 408 Å². The summed E-state index contributed by atoms with van der Waals surface area (Å²) in [5, 5.41) is 2.28. The number of benzene rings is 9. The van der Waals surface area contributed by atoms with Crippen molar-refractivity contribution in [2.45, 2.75) is 26.2 Å². The third-order valence-corrected chi connectivity index (χ3v) is 13.5. The van der Waals surface area contributed by atoms with Crippen LogP contribution in [0.15, 0.2) is 231 Å². The molecule has 0 saturated carbocycles. The van der Waals surface area contributed by atoms with Gasteiger partial charge in [-0.3, -0.25) is 4.57 Å². The number of para-hydroxylation sites is 4. The molecule has 0 unspecified atom stereocenters. The van der Waals surface area contributed by atoms with Gasteiger partial charge in [-0.05, 0) is 111 Å². The van der Waals surface area contributed by atoms with E-state index in [1.165, 1.54) is 17.7 Å². The summed E-state index contributed by atoms with van der Waals surface area (Å²) in [4.78, 5) is 9.71. The van der Waals surface area contributed by atoms with Crippen molar-refractivity contribution in [1.29, 1.82) is 0 Å². The van der Waals surface area contributed by atoms with Gasteiger partial charge >= 0.3 is 0 Å². The molecular weight excluding hydrogens is 860 g/mol. The molecular formula is C64H49FN4O. The van der Waals surface area contributed by atoms with Gasteiger partial charge in [-0.2, -0.15) is 0 Å². The van der Waals surface area contributed by atoms with Crippen molar-refractivity contribution in [1.82, 2.24) is 9.55 Å². The van der Waals surface area contributed by atoms with Gasteiger partial charge in [0.2, 0.25) is 0 Å². The van der Waals surface area contributed by atoms with Gasteiger partial charge in [-0.25, -0.2) is 9.37 Å². The van der Waals surface area contributed by atoms with E-state index in [0.717, 1.165) is 94.9 Å². The summed E-state index contributed by atoms with van der Waals surface area (Å²) >= 11 is 0. The third kappa shape index (κ3) is 7.73. The van der Waals surface area contributed by atoms with Crippen molar-refractivity contribution in [2.24, 2.45) is 0 Å². The first-order valence-electron chi connectivity index (χ1n) is 23.8. The minimum Gasteiger partial charge on any atom is -0.457 e. The smallest absolute Gasteiger partial charge is 0.137 e. The van der Waals surface area contributed by atoms with Gasteiger partial charge in [0.25, 0.3) is 0 Å². The van der Waals surface area contributed by atoms with Gasteiger partial charge in [0, 0.05) is 45.9 Å². The van der Waals surface area contributed by atoms with E-state index in [2.05, 4.69) is 229 Å². The summed E-state index contributed by atoms with van der Waals surface area (Å²) in [5.74, 6) is 2.02. The Morgan fingerprint density at radius 3 is 1.76 bits per heavy atom. The molecule has 6 heteroatoms. The summed E-state index contributed by atoms with van der Waals surface area (Å²) in [6, 6.07) is 77.3. The SMILES string of the molecule is CC(C)(C)c1ccnc(-n2c3ccccc3c3ccc(Oc4cc(-c5ccccc5-c5ccccc5)cc(N5CN(c6c(-c7ccccc7)cccc6-c6ccc(F)cc6)c6ccccc65)c4)cc32)c1. The van der Waals surface area contributed by atoms with Crippen LogP contribution >= 0.6 is 0 Å². The highest BCUT2D eigenvalue weighted by atomic mass is 19.1. The molecule has 0 saturated heterocycles. The molecule has 0 fully saturated rings. The van der Waals surface area contributed by atoms with Crippen molar-refractivity contribution in [3.8, 4) is 61.8 Å². The summed E-state index contributed by atoms with van der Waals surface area (Å²) in [6.45, 7) is 7.21. The molecule has 0 radical (unpaired) electrons. The topological polar surface area (TPSA) is 33.5 Å². The van der Waals surface area contributed by atoms with Gasteiger partial charge < -0.3 is 14.5 Å². The fourth-order valence-electron chi connectivity index (χ4n) is 10.1. The monoisotopic (exact) mass is 908 g/mol. The van der Waals surface area contributed by atoms with Crippen LogP contribution in [0.25, 0.3) is 72.1 Å². The fourth-order valence-corrected chi connectivity index (χ4v) is 10.1.